The molecule has 0 aliphatic rings. The van der Waals surface area contributed by atoms with Gasteiger partial charge in [0.25, 0.3) is 5.56 Å². The smallest absolute Gasteiger partial charge is 0.267 e. The normalized spacial score (nSPS) is 11.0. The van der Waals surface area contributed by atoms with Gasteiger partial charge in [-0.1, -0.05) is 23.8 Å². The molecule has 0 unspecified atom stereocenters. The molecule has 3 rings (SSSR count). The van der Waals surface area contributed by atoms with Gasteiger partial charge in [-0.05, 0) is 43.7 Å². The van der Waals surface area contributed by atoms with Crippen molar-refractivity contribution in [2.24, 2.45) is 0 Å². The maximum atomic E-state index is 13.1. The lowest BCUT2D eigenvalue weighted by Gasteiger charge is -2.07. The Bertz CT molecular complexity index is 1220. The van der Waals surface area contributed by atoms with Gasteiger partial charge in [0.15, 0.2) is 5.57 Å². The molecule has 6 heteroatoms. The van der Waals surface area contributed by atoms with Crippen molar-refractivity contribution < 1.29 is 0 Å². The number of nitrogens with zero attached hydrogens (tertiary/aromatic N) is 4. The van der Waals surface area contributed by atoms with E-state index >= 15 is 0 Å². The highest BCUT2D eigenvalue weighted by Gasteiger charge is 2.13. The summed E-state index contributed by atoms with van der Waals surface area (Å²) in [6.07, 6.45) is 3.31. The van der Waals surface area contributed by atoms with Gasteiger partial charge >= 0.3 is 0 Å². The van der Waals surface area contributed by atoms with Crippen molar-refractivity contribution >= 4 is 23.0 Å². The standard InChI is InChI=1S/C20H14N4OS/c1-13-6-7-17(14(2)9-13)24-19(25)18(10-16-5-3-4-8-23-16)26-20(24)15(11-21)12-22/h3-10H,1-2H3/b18-10+. The lowest BCUT2D eigenvalue weighted by molar-refractivity contribution is 0.973. The molecule has 0 N–H and O–H groups in total. The zero-order chi connectivity index (χ0) is 18.7. The number of hydrogen-bond acceptors (Lipinski definition) is 5. The van der Waals surface area contributed by atoms with Crippen LogP contribution in [-0.2, 0) is 0 Å². The number of thiazole rings is 1. The Morgan fingerprint density at radius 3 is 2.58 bits per heavy atom. The summed E-state index contributed by atoms with van der Waals surface area (Å²) in [6.45, 7) is 3.87. The van der Waals surface area contributed by atoms with Gasteiger partial charge in [0.1, 0.15) is 16.8 Å². The van der Waals surface area contributed by atoms with Crippen molar-refractivity contribution in [3.8, 4) is 17.8 Å². The molecule has 0 atom stereocenters. The first-order valence-electron chi connectivity index (χ1n) is 7.82. The highest BCUT2D eigenvalue weighted by atomic mass is 32.1. The van der Waals surface area contributed by atoms with Crippen molar-refractivity contribution in [2.45, 2.75) is 13.8 Å². The molecule has 0 bridgehead atoms. The molecule has 0 radical (unpaired) electrons. The molecular weight excluding hydrogens is 344 g/mol. The monoisotopic (exact) mass is 358 g/mol. The molecule has 0 saturated carbocycles. The Morgan fingerprint density at radius 2 is 1.96 bits per heavy atom. The number of pyridine rings is 1. The molecule has 2 aromatic heterocycles. The quantitative estimate of drug-likeness (QED) is 0.701. The van der Waals surface area contributed by atoms with Crippen molar-refractivity contribution in [1.82, 2.24) is 9.55 Å². The summed E-state index contributed by atoms with van der Waals surface area (Å²) in [5.41, 5.74) is 2.90. The molecule has 0 amide bonds. The molecule has 0 aliphatic carbocycles. The lowest BCUT2D eigenvalue weighted by atomic mass is 10.1. The summed E-state index contributed by atoms with van der Waals surface area (Å²) in [7, 11) is 0. The molecule has 2 heterocycles. The highest BCUT2D eigenvalue weighted by Crippen LogP contribution is 2.13. The summed E-state index contributed by atoms with van der Waals surface area (Å²) in [6, 6.07) is 14.9. The van der Waals surface area contributed by atoms with Crippen LogP contribution in [0, 0.1) is 36.5 Å². The van der Waals surface area contributed by atoms with Gasteiger partial charge in [-0.15, -0.1) is 11.3 Å². The molecular formula is C20H14N4OS. The fourth-order valence-corrected chi connectivity index (χ4v) is 3.67. The number of hydrogen-bond donors (Lipinski definition) is 0. The Kier molecular flexibility index (Phi) is 4.79. The molecule has 0 aliphatic heterocycles. The van der Waals surface area contributed by atoms with E-state index in [9.17, 15) is 15.3 Å². The summed E-state index contributed by atoms with van der Waals surface area (Å²) < 4.78 is 2.19. The van der Waals surface area contributed by atoms with Crippen LogP contribution in [0.25, 0.3) is 17.3 Å². The van der Waals surface area contributed by atoms with E-state index < -0.39 is 0 Å². The van der Waals surface area contributed by atoms with Gasteiger partial charge < -0.3 is 0 Å². The highest BCUT2D eigenvalue weighted by molar-refractivity contribution is 7.07. The van der Waals surface area contributed by atoms with Crippen molar-refractivity contribution in [3.05, 3.63) is 79.0 Å². The first-order valence-corrected chi connectivity index (χ1v) is 8.63. The second-order valence-corrected chi connectivity index (χ2v) is 6.73. The summed E-state index contributed by atoms with van der Waals surface area (Å²) >= 11 is 1.12. The zero-order valence-electron chi connectivity index (χ0n) is 14.2. The van der Waals surface area contributed by atoms with Crippen LogP contribution in [0.5, 0.6) is 0 Å². The summed E-state index contributed by atoms with van der Waals surface area (Å²) in [4.78, 5) is 17.3. The maximum absolute atomic E-state index is 13.1. The van der Waals surface area contributed by atoms with Crippen LogP contribution in [0.15, 0.2) is 47.4 Å². The maximum Gasteiger partial charge on any atom is 0.273 e. The largest absolute Gasteiger partial charge is 0.273 e. The van der Waals surface area contributed by atoms with Gasteiger partial charge in [0.2, 0.25) is 0 Å². The third kappa shape index (κ3) is 3.19. The molecule has 0 saturated heterocycles. The minimum atomic E-state index is -0.273. The number of rotatable bonds is 2. The van der Waals surface area contributed by atoms with Crippen LogP contribution in [0.3, 0.4) is 0 Å². The van der Waals surface area contributed by atoms with Crippen LogP contribution in [0.4, 0.5) is 0 Å². The van der Waals surface area contributed by atoms with Gasteiger partial charge in [-0.2, -0.15) is 10.5 Å². The van der Waals surface area contributed by atoms with Crippen LogP contribution in [-0.4, -0.2) is 9.55 Å². The summed E-state index contributed by atoms with van der Waals surface area (Å²) in [5, 5.41) is 18.6. The Hall–Kier alpha value is -3.48. The predicted molar refractivity (Wildman–Crippen MR) is 101 cm³/mol. The minimum Gasteiger partial charge on any atom is -0.267 e. The first-order chi connectivity index (χ1) is 12.5. The molecule has 126 valence electrons. The van der Waals surface area contributed by atoms with Crippen molar-refractivity contribution in [2.75, 3.05) is 0 Å². The van der Waals surface area contributed by atoms with Gasteiger partial charge in [-0.25, -0.2) is 0 Å². The van der Waals surface area contributed by atoms with Gasteiger partial charge in [-0.3, -0.25) is 14.3 Å². The average Bonchev–Trinajstić information content (AvgIpc) is 2.94. The van der Waals surface area contributed by atoms with E-state index in [0.29, 0.717) is 20.6 Å². The Labute approximate surface area is 154 Å². The van der Waals surface area contributed by atoms with Crippen molar-refractivity contribution in [3.63, 3.8) is 0 Å². The van der Waals surface area contributed by atoms with Crippen LogP contribution in [0.2, 0.25) is 0 Å². The molecule has 1 aromatic carbocycles. The molecule has 26 heavy (non-hydrogen) atoms. The topological polar surface area (TPSA) is 82.5 Å². The van der Waals surface area contributed by atoms with E-state index in [2.05, 4.69) is 4.98 Å². The number of aromatic nitrogens is 2. The summed E-state index contributed by atoms with van der Waals surface area (Å²) in [5.74, 6) is 0. The van der Waals surface area contributed by atoms with Crippen molar-refractivity contribution in [1.29, 1.82) is 10.5 Å². The van der Waals surface area contributed by atoms with Crippen LogP contribution < -0.4 is 14.8 Å². The average molecular weight is 358 g/mol. The van der Waals surface area contributed by atoms with E-state index in [-0.39, 0.29) is 11.1 Å². The number of aryl methyl sites for hydroxylation is 2. The minimum absolute atomic E-state index is 0.0901. The van der Waals surface area contributed by atoms with E-state index in [1.54, 1.807) is 24.4 Å². The van der Waals surface area contributed by atoms with E-state index in [0.717, 1.165) is 22.5 Å². The Morgan fingerprint density at radius 1 is 1.19 bits per heavy atom. The second kappa shape index (κ2) is 7.18. The Balaban J connectivity index is 2.44. The first kappa shape index (κ1) is 17.3. The molecule has 0 fully saturated rings. The van der Waals surface area contributed by atoms with Gasteiger partial charge in [0.05, 0.1) is 15.9 Å². The third-order valence-electron chi connectivity index (χ3n) is 3.82. The number of benzene rings is 1. The SMILES string of the molecule is Cc1ccc(-n2c(=C(C#N)C#N)s/c(=C/c3ccccn3)c2=O)c(C)c1. The molecule has 0 spiro atoms. The molecule has 3 aromatic rings. The third-order valence-corrected chi connectivity index (χ3v) is 4.91. The van der Waals surface area contributed by atoms with E-state index in [4.69, 9.17) is 0 Å². The van der Waals surface area contributed by atoms with Gasteiger partial charge in [0, 0.05) is 6.20 Å². The lowest BCUT2D eigenvalue weighted by Crippen LogP contribution is -2.31. The fourth-order valence-electron chi connectivity index (χ4n) is 2.64. The van der Waals surface area contributed by atoms with E-state index in [1.165, 1.54) is 4.57 Å². The van der Waals surface area contributed by atoms with E-state index in [1.807, 2.05) is 50.3 Å². The predicted octanol–water partition coefficient (Wildman–Crippen LogP) is 1.94. The molecule has 5 nitrogen and oxygen atoms in total. The second-order valence-electron chi connectivity index (χ2n) is 5.70. The van der Waals surface area contributed by atoms with Crippen LogP contribution >= 0.6 is 11.3 Å². The zero-order valence-corrected chi connectivity index (χ0v) is 15.0. The number of nitriles is 2. The fraction of sp³-hybridized carbons (Fsp3) is 0.100. The van der Waals surface area contributed by atoms with Crippen LogP contribution in [0.1, 0.15) is 16.8 Å².